The van der Waals surface area contributed by atoms with Gasteiger partial charge in [-0.25, -0.2) is 0 Å². The van der Waals surface area contributed by atoms with E-state index in [0.717, 1.165) is 30.4 Å². The van der Waals surface area contributed by atoms with E-state index in [0.29, 0.717) is 0 Å². The van der Waals surface area contributed by atoms with Crippen molar-refractivity contribution in [2.45, 2.75) is 12.8 Å². The van der Waals surface area contributed by atoms with Gasteiger partial charge in [0.15, 0.2) is 0 Å². The minimum Gasteiger partial charge on any atom is -0.469 e. The number of nitrogens with zero attached hydrogens (tertiary/aromatic N) is 1. The summed E-state index contributed by atoms with van der Waals surface area (Å²) in [5.41, 5.74) is 1.17. The van der Waals surface area contributed by atoms with E-state index >= 15 is 0 Å². The summed E-state index contributed by atoms with van der Waals surface area (Å²) < 4.78 is 5.89. The Kier molecular flexibility index (Phi) is 4.05. The van der Waals surface area contributed by atoms with E-state index in [9.17, 15) is 4.79 Å². The molecule has 3 nitrogen and oxygen atoms in total. The summed E-state index contributed by atoms with van der Waals surface area (Å²) >= 11 is 3.42. The van der Waals surface area contributed by atoms with Crippen LogP contribution in [0.4, 0.5) is 5.69 Å². The maximum Gasteiger partial charge on any atom is 0.310 e. The van der Waals surface area contributed by atoms with Gasteiger partial charge in [-0.2, -0.15) is 0 Å². The maximum atomic E-state index is 11.5. The van der Waals surface area contributed by atoms with Gasteiger partial charge < -0.3 is 9.64 Å². The molecule has 0 spiro atoms. The number of halogens is 1. The van der Waals surface area contributed by atoms with Gasteiger partial charge in [0.1, 0.15) is 0 Å². The van der Waals surface area contributed by atoms with Crippen molar-refractivity contribution in [1.82, 2.24) is 0 Å². The van der Waals surface area contributed by atoms with Gasteiger partial charge in [0.2, 0.25) is 0 Å². The van der Waals surface area contributed by atoms with Gasteiger partial charge in [-0.05, 0) is 37.1 Å². The van der Waals surface area contributed by atoms with Crippen molar-refractivity contribution in [3.05, 3.63) is 28.7 Å². The molecule has 0 aromatic heterocycles. The number of carbonyl (C=O) groups is 1. The van der Waals surface area contributed by atoms with Crippen LogP contribution in [0.25, 0.3) is 0 Å². The van der Waals surface area contributed by atoms with Gasteiger partial charge in [-0.15, -0.1) is 0 Å². The highest BCUT2D eigenvalue weighted by molar-refractivity contribution is 9.10. The topological polar surface area (TPSA) is 29.5 Å². The standard InChI is InChI=1S/C13H16BrNO2/c1-17-13(16)10-3-2-8-15(9-10)12-6-4-11(14)5-7-12/h4-7,10H,2-3,8-9H2,1H3. The zero-order chi connectivity index (χ0) is 12.3. The summed E-state index contributed by atoms with van der Waals surface area (Å²) in [6.07, 6.45) is 1.97. The molecule has 1 saturated heterocycles. The minimum absolute atomic E-state index is 0.0115. The van der Waals surface area contributed by atoms with Crippen molar-refractivity contribution in [3.8, 4) is 0 Å². The monoisotopic (exact) mass is 297 g/mol. The molecule has 1 aliphatic rings. The molecule has 1 aromatic carbocycles. The number of benzene rings is 1. The van der Waals surface area contributed by atoms with Crippen molar-refractivity contribution in [3.63, 3.8) is 0 Å². The SMILES string of the molecule is COC(=O)C1CCCN(c2ccc(Br)cc2)C1. The van der Waals surface area contributed by atoms with Crippen molar-refractivity contribution < 1.29 is 9.53 Å². The summed E-state index contributed by atoms with van der Waals surface area (Å²) in [6.45, 7) is 1.77. The van der Waals surface area contributed by atoms with Gasteiger partial charge in [-0.3, -0.25) is 4.79 Å². The smallest absolute Gasteiger partial charge is 0.310 e. The van der Waals surface area contributed by atoms with Crippen molar-refractivity contribution in [1.29, 1.82) is 0 Å². The Morgan fingerprint density at radius 2 is 2.12 bits per heavy atom. The molecule has 1 aromatic rings. The fraction of sp³-hybridized carbons (Fsp3) is 0.462. The van der Waals surface area contributed by atoms with Gasteiger partial charge in [0, 0.05) is 23.2 Å². The zero-order valence-corrected chi connectivity index (χ0v) is 11.4. The van der Waals surface area contributed by atoms with Crippen LogP contribution >= 0.6 is 15.9 Å². The Labute approximate surface area is 110 Å². The Morgan fingerprint density at radius 3 is 2.76 bits per heavy atom. The summed E-state index contributed by atoms with van der Waals surface area (Å²) in [7, 11) is 1.46. The van der Waals surface area contributed by atoms with E-state index in [-0.39, 0.29) is 11.9 Å². The summed E-state index contributed by atoms with van der Waals surface area (Å²) in [5.74, 6) is -0.0794. The van der Waals surface area contributed by atoms with Gasteiger partial charge in [0.25, 0.3) is 0 Å². The number of esters is 1. The van der Waals surface area contributed by atoms with Crippen LogP contribution in [0.3, 0.4) is 0 Å². The van der Waals surface area contributed by atoms with Crippen LogP contribution in [0.1, 0.15) is 12.8 Å². The zero-order valence-electron chi connectivity index (χ0n) is 9.86. The molecule has 17 heavy (non-hydrogen) atoms. The first-order valence-corrected chi connectivity index (χ1v) is 6.58. The number of piperidine rings is 1. The van der Waals surface area contributed by atoms with Crippen molar-refractivity contribution in [2.24, 2.45) is 5.92 Å². The van der Waals surface area contributed by atoms with Gasteiger partial charge in [0.05, 0.1) is 13.0 Å². The Balaban J connectivity index is 2.06. The molecule has 2 rings (SSSR count). The van der Waals surface area contributed by atoms with E-state index in [4.69, 9.17) is 4.74 Å². The third-order valence-corrected chi connectivity index (χ3v) is 3.68. The third kappa shape index (κ3) is 3.00. The molecule has 1 heterocycles. The number of anilines is 1. The van der Waals surface area contributed by atoms with Gasteiger partial charge >= 0.3 is 5.97 Å². The maximum absolute atomic E-state index is 11.5. The second kappa shape index (κ2) is 5.54. The van der Waals surface area contributed by atoms with Crippen LogP contribution < -0.4 is 4.90 Å². The first-order chi connectivity index (χ1) is 8.20. The average Bonchev–Trinajstić information content (AvgIpc) is 2.39. The van der Waals surface area contributed by atoms with Crippen molar-refractivity contribution in [2.75, 3.05) is 25.1 Å². The summed E-state index contributed by atoms with van der Waals surface area (Å²) in [5, 5.41) is 0. The first-order valence-electron chi connectivity index (χ1n) is 5.79. The van der Waals surface area contributed by atoms with Crippen molar-refractivity contribution >= 4 is 27.6 Å². The molecule has 0 aliphatic carbocycles. The minimum atomic E-state index is -0.0909. The highest BCUT2D eigenvalue weighted by Crippen LogP contribution is 2.25. The molecule has 0 bridgehead atoms. The van der Waals surface area contributed by atoms with Crippen LogP contribution in [-0.2, 0) is 9.53 Å². The third-order valence-electron chi connectivity index (χ3n) is 3.15. The van der Waals surface area contributed by atoms with E-state index < -0.39 is 0 Å². The summed E-state index contributed by atoms with van der Waals surface area (Å²) in [6, 6.07) is 8.20. The number of ether oxygens (including phenoxy) is 1. The molecule has 1 fully saturated rings. The fourth-order valence-electron chi connectivity index (χ4n) is 2.22. The van der Waals surface area contributed by atoms with Crippen LogP contribution in [0.2, 0.25) is 0 Å². The first kappa shape index (κ1) is 12.4. The Hall–Kier alpha value is -1.03. The molecule has 92 valence electrons. The lowest BCUT2D eigenvalue weighted by molar-refractivity contribution is -0.145. The molecule has 0 amide bonds. The second-order valence-corrected chi connectivity index (χ2v) is 5.20. The largest absolute Gasteiger partial charge is 0.469 e. The number of rotatable bonds is 2. The van der Waals surface area contributed by atoms with Crippen LogP contribution in [0.15, 0.2) is 28.7 Å². The normalized spacial score (nSPS) is 20.1. The summed E-state index contributed by atoms with van der Waals surface area (Å²) in [4.78, 5) is 13.8. The number of hydrogen-bond donors (Lipinski definition) is 0. The van der Waals surface area contributed by atoms with E-state index in [1.54, 1.807) is 0 Å². The molecular formula is C13H16BrNO2. The number of carbonyl (C=O) groups excluding carboxylic acids is 1. The lowest BCUT2D eigenvalue weighted by atomic mass is 9.98. The number of hydrogen-bond acceptors (Lipinski definition) is 3. The number of methoxy groups -OCH3 is 1. The average molecular weight is 298 g/mol. The van der Waals surface area contributed by atoms with Crippen LogP contribution in [0.5, 0.6) is 0 Å². The van der Waals surface area contributed by atoms with Crippen LogP contribution in [-0.4, -0.2) is 26.2 Å². The lowest BCUT2D eigenvalue weighted by Crippen LogP contribution is -2.39. The van der Waals surface area contributed by atoms with Crippen LogP contribution in [0, 0.1) is 5.92 Å². The fourth-order valence-corrected chi connectivity index (χ4v) is 2.49. The molecule has 0 N–H and O–H groups in total. The van der Waals surface area contributed by atoms with E-state index in [1.165, 1.54) is 12.8 Å². The quantitative estimate of drug-likeness (QED) is 0.786. The van der Waals surface area contributed by atoms with E-state index in [1.807, 2.05) is 12.1 Å². The molecule has 0 radical (unpaired) electrons. The molecule has 1 unspecified atom stereocenters. The lowest BCUT2D eigenvalue weighted by Gasteiger charge is -2.33. The molecular weight excluding hydrogens is 282 g/mol. The molecule has 1 aliphatic heterocycles. The Morgan fingerprint density at radius 1 is 1.41 bits per heavy atom. The highest BCUT2D eigenvalue weighted by Gasteiger charge is 2.26. The van der Waals surface area contributed by atoms with E-state index in [2.05, 4.69) is 33.0 Å². The highest BCUT2D eigenvalue weighted by atomic mass is 79.9. The van der Waals surface area contributed by atoms with Gasteiger partial charge in [-0.1, -0.05) is 15.9 Å². The Bertz CT molecular complexity index is 391. The predicted octanol–water partition coefficient (Wildman–Crippen LogP) is 2.84. The molecule has 1 atom stereocenters. The predicted molar refractivity (Wildman–Crippen MR) is 71.1 cm³/mol. The molecule has 4 heteroatoms. The molecule has 0 saturated carbocycles. The second-order valence-electron chi connectivity index (χ2n) is 4.28.